The van der Waals surface area contributed by atoms with Gasteiger partial charge in [-0.1, -0.05) is 23.7 Å². The van der Waals surface area contributed by atoms with Crippen molar-refractivity contribution in [1.29, 1.82) is 0 Å². The van der Waals surface area contributed by atoms with E-state index in [-0.39, 0.29) is 12.6 Å². The van der Waals surface area contributed by atoms with Gasteiger partial charge in [-0.2, -0.15) is 0 Å². The first-order valence-electron chi connectivity index (χ1n) is 7.27. The minimum atomic E-state index is 0.225. The number of nitrogens with zero attached hydrogens (tertiary/aromatic N) is 2. The molecule has 5 heteroatoms. The molecule has 0 aromatic heterocycles. The lowest BCUT2D eigenvalue weighted by Gasteiger charge is -2.30. The first kappa shape index (κ1) is 15.7. The molecule has 1 aliphatic heterocycles. The van der Waals surface area contributed by atoms with Crippen molar-refractivity contribution in [1.82, 2.24) is 9.80 Å². The van der Waals surface area contributed by atoms with Crippen LogP contribution >= 0.6 is 11.6 Å². The highest BCUT2D eigenvalue weighted by molar-refractivity contribution is 6.30. The molecule has 0 spiro atoms. The molecule has 4 nitrogen and oxygen atoms in total. The molecule has 1 unspecified atom stereocenters. The second kappa shape index (κ2) is 7.96. The first-order chi connectivity index (χ1) is 9.74. The highest BCUT2D eigenvalue weighted by atomic mass is 35.5. The predicted octanol–water partition coefficient (Wildman–Crippen LogP) is 1.34. The maximum Gasteiger partial charge on any atom is 0.0558 e. The summed E-state index contributed by atoms with van der Waals surface area (Å²) in [5.74, 6) is 0. The summed E-state index contributed by atoms with van der Waals surface area (Å²) in [4.78, 5) is 4.74. The van der Waals surface area contributed by atoms with E-state index in [4.69, 9.17) is 22.4 Å². The third-order valence-corrected chi connectivity index (χ3v) is 4.17. The topological polar surface area (TPSA) is 52.7 Å². The fourth-order valence-electron chi connectivity index (χ4n) is 2.88. The number of β-amino-alcohol motifs (C(OH)–C–C–N with tert-alkyl or cyclic N) is 1. The van der Waals surface area contributed by atoms with E-state index in [1.165, 1.54) is 5.56 Å². The van der Waals surface area contributed by atoms with Crippen LogP contribution in [0.4, 0.5) is 0 Å². The molecular weight excluding hydrogens is 274 g/mol. The smallest absolute Gasteiger partial charge is 0.0558 e. The van der Waals surface area contributed by atoms with Gasteiger partial charge < -0.3 is 10.8 Å². The molecule has 1 fully saturated rings. The van der Waals surface area contributed by atoms with Gasteiger partial charge in [0.2, 0.25) is 0 Å². The predicted molar refractivity (Wildman–Crippen MR) is 83.0 cm³/mol. The molecule has 1 saturated heterocycles. The lowest BCUT2D eigenvalue weighted by Crippen LogP contribution is -2.37. The Hall–Kier alpha value is -0.650. The van der Waals surface area contributed by atoms with Gasteiger partial charge in [0, 0.05) is 43.8 Å². The van der Waals surface area contributed by atoms with Crippen LogP contribution in [0, 0.1) is 0 Å². The van der Waals surface area contributed by atoms with Crippen molar-refractivity contribution in [2.75, 3.05) is 45.9 Å². The summed E-state index contributed by atoms with van der Waals surface area (Å²) in [5.41, 5.74) is 7.18. The average molecular weight is 298 g/mol. The van der Waals surface area contributed by atoms with Gasteiger partial charge in [0.05, 0.1) is 6.61 Å². The molecule has 0 aliphatic carbocycles. The van der Waals surface area contributed by atoms with E-state index in [2.05, 4.69) is 15.9 Å². The number of aliphatic hydroxyl groups excluding tert-OH is 1. The highest BCUT2D eigenvalue weighted by Crippen LogP contribution is 2.23. The number of nitrogens with two attached hydrogens (primary N) is 1. The summed E-state index contributed by atoms with van der Waals surface area (Å²) in [5, 5.41) is 9.81. The van der Waals surface area contributed by atoms with Crippen LogP contribution < -0.4 is 5.73 Å². The molecule has 0 saturated carbocycles. The molecule has 112 valence electrons. The molecule has 1 aliphatic rings. The summed E-state index contributed by atoms with van der Waals surface area (Å²) < 4.78 is 0. The molecule has 2 rings (SSSR count). The Bertz CT molecular complexity index is 416. The van der Waals surface area contributed by atoms with Crippen molar-refractivity contribution in [3.05, 3.63) is 34.9 Å². The average Bonchev–Trinajstić information content (AvgIpc) is 2.66. The van der Waals surface area contributed by atoms with Crippen LogP contribution in [0.15, 0.2) is 24.3 Å². The highest BCUT2D eigenvalue weighted by Gasteiger charge is 2.22. The van der Waals surface area contributed by atoms with Gasteiger partial charge >= 0.3 is 0 Å². The van der Waals surface area contributed by atoms with Crippen molar-refractivity contribution < 1.29 is 5.11 Å². The Morgan fingerprint density at radius 1 is 1.25 bits per heavy atom. The van der Waals surface area contributed by atoms with E-state index < -0.39 is 0 Å². The van der Waals surface area contributed by atoms with Crippen molar-refractivity contribution >= 4 is 11.6 Å². The van der Waals surface area contributed by atoms with Crippen LogP contribution in [0.3, 0.4) is 0 Å². The Morgan fingerprint density at radius 3 is 2.80 bits per heavy atom. The van der Waals surface area contributed by atoms with E-state index in [0.717, 1.165) is 44.2 Å². The second-order valence-electron chi connectivity index (χ2n) is 5.26. The minimum absolute atomic E-state index is 0.225. The van der Waals surface area contributed by atoms with Crippen LogP contribution in [0.25, 0.3) is 0 Å². The third kappa shape index (κ3) is 4.17. The molecule has 0 amide bonds. The van der Waals surface area contributed by atoms with Crippen LogP contribution in [0.2, 0.25) is 5.02 Å². The lowest BCUT2D eigenvalue weighted by atomic mass is 10.1. The van der Waals surface area contributed by atoms with Crippen LogP contribution in [-0.2, 0) is 0 Å². The summed E-state index contributed by atoms with van der Waals surface area (Å²) in [6, 6.07) is 8.21. The summed E-state index contributed by atoms with van der Waals surface area (Å²) >= 11 is 6.09. The van der Waals surface area contributed by atoms with Crippen molar-refractivity contribution in [3.63, 3.8) is 0 Å². The molecule has 20 heavy (non-hydrogen) atoms. The van der Waals surface area contributed by atoms with Crippen LogP contribution in [0.5, 0.6) is 0 Å². The van der Waals surface area contributed by atoms with E-state index in [9.17, 15) is 0 Å². The molecule has 1 atom stereocenters. The van der Waals surface area contributed by atoms with Gasteiger partial charge in [-0.15, -0.1) is 0 Å². The molecule has 1 heterocycles. The summed E-state index contributed by atoms with van der Waals surface area (Å²) in [6.07, 6.45) is 1.11. The molecule has 0 radical (unpaired) electrons. The third-order valence-electron chi connectivity index (χ3n) is 3.94. The largest absolute Gasteiger partial charge is 0.395 e. The van der Waals surface area contributed by atoms with Gasteiger partial charge in [0.1, 0.15) is 0 Å². The van der Waals surface area contributed by atoms with Crippen LogP contribution in [-0.4, -0.2) is 60.8 Å². The summed E-state index contributed by atoms with van der Waals surface area (Å²) in [7, 11) is 0. The fraction of sp³-hybridized carbons (Fsp3) is 0.600. The Morgan fingerprint density at radius 2 is 2.10 bits per heavy atom. The number of aliphatic hydroxyl groups is 1. The standard InChI is InChI=1S/C15H24ClN3O/c16-14-4-1-3-13(11-14)15(12-17)19-6-2-5-18(7-8-19)9-10-20/h1,3-4,11,15,20H,2,5-10,12,17H2. The lowest BCUT2D eigenvalue weighted by molar-refractivity contribution is 0.182. The quantitative estimate of drug-likeness (QED) is 0.861. The van der Waals surface area contributed by atoms with Gasteiger partial charge in [-0.05, 0) is 30.7 Å². The monoisotopic (exact) mass is 297 g/mol. The second-order valence-corrected chi connectivity index (χ2v) is 5.70. The van der Waals surface area contributed by atoms with Crippen molar-refractivity contribution in [3.8, 4) is 0 Å². The number of halogens is 1. The van der Waals surface area contributed by atoms with Gasteiger partial charge in [-0.3, -0.25) is 9.80 Å². The van der Waals surface area contributed by atoms with E-state index in [1.807, 2.05) is 18.2 Å². The van der Waals surface area contributed by atoms with E-state index >= 15 is 0 Å². The molecular formula is C15H24ClN3O. The zero-order chi connectivity index (χ0) is 14.4. The van der Waals surface area contributed by atoms with Crippen molar-refractivity contribution in [2.45, 2.75) is 12.5 Å². The zero-order valence-corrected chi connectivity index (χ0v) is 12.6. The van der Waals surface area contributed by atoms with Crippen LogP contribution in [0.1, 0.15) is 18.0 Å². The van der Waals surface area contributed by atoms with E-state index in [0.29, 0.717) is 6.54 Å². The number of rotatable bonds is 5. The fourth-order valence-corrected chi connectivity index (χ4v) is 3.08. The Balaban J connectivity index is 2.04. The van der Waals surface area contributed by atoms with Crippen molar-refractivity contribution in [2.24, 2.45) is 5.73 Å². The first-order valence-corrected chi connectivity index (χ1v) is 7.65. The van der Waals surface area contributed by atoms with Gasteiger partial charge in [-0.25, -0.2) is 0 Å². The Labute approximate surface area is 126 Å². The molecule has 0 bridgehead atoms. The van der Waals surface area contributed by atoms with E-state index in [1.54, 1.807) is 0 Å². The number of benzene rings is 1. The normalized spacial score (nSPS) is 19.8. The summed E-state index contributed by atoms with van der Waals surface area (Å²) in [6.45, 7) is 5.64. The zero-order valence-electron chi connectivity index (χ0n) is 11.8. The number of hydrogen-bond acceptors (Lipinski definition) is 4. The molecule has 3 N–H and O–H groups in total. The number of hydrogen-bond donors (Lipinski definition) is 2. The SMILES string of the molecule is NCC(c1cccc(Cl)c1)N1CCCN(CCO)CC1. The Kier molecular flexibility index (Phi) is 6.26. The molecule has 1 aromatic carbocycles. The maximum absolute atomic E-state index is 9.05. The van der Waals surface area contributed by atoms with Gasteiger partial charge in [0.25, 0.3) is 0 Å². The molecule has 1 aromatic rings. The minimum Gasteiger partial charge on any atom is -0.395 e. The van der Waals surface area contributed by atoms with Gasteiger partial charge in [0.15, 0.2) is 0 Å². The maximum atomic E-state index is 9.05.